The minimum atomic E-state index is -0.964. The Labute approximate surface area is 186 Å². The van der Waals surface area contributed by atoms with Crippen LogP contribution in [-0.4, -0.2) is 46.5 Å². The van der Waals surface area contributed by atoms with Crippen LogP contribution in [-0.2, 0) is 4.79 Å². The Kier molecular flexibility index (Phi) is 8.06. The highest BCUT2D eigenvalue weighted by atomic mass is 79.9. The van der Waals surface area contributed by atoms with Crippen molar-refractivity contribution in [1.29, 1.82) is 0 Å². The number of carbonyl (C=O) groups excluding carboxylic acids is 1. The molecule has 7 nitrogen and oxygen atoms in total. The largest absolute Gasteiger partial charge is 0.465 e. The number of amides is 2. The first kappa shape index (κ1) is 23.9. The number of alkyl halides is 1. The van der Waals surface area contributed by atoms with Crippen molar-refractivity contribution in [3.63, 3.8) is 0 Å². The van der Waals surface area contributed by atoms with Gasteiger partial charge in [-0.1, -0.05) is 35.0 Å². The second-order valence-corrected chi connectivity index (χ2v) is 9.46. The van der Waals surface area contributed by atoms with E-state index in [1.165, 1.54) is 4.90 Å². The summed E-state index contributed by atoms with van der Waals surface area (Å²) in [6.45, 7) is 8.36. The van der Waals surface area contributed by atoms with Gasteiger partial charge in [0, 0.05) is 41.0 Å². The van der Waals surface area contributed by atoms with E-state index < -0.39 is 11.6 Å². The van der Waals surface area contributed by atoms with E-state index in [4.69, 9.17) is 5.73 Å². The van der Waals surface area contributed by atoms with E-state index in [-0.39, 0.29) is 17.2 Å². The molecule has 0 spiro atoms. The number of carboxylic acid groups (broad SMARTS) is 1. The quantitative estimate of drug-likeness (QED) is 0.393. The number of hydrogen-bond donors (Lipinski definition) is 3. The Morgan fingerprint density at radius 1 is 1.37 bits per heavy atom. The minimum Gasteiger partial charge on any atom is -0.465 e. The smallest absolute Gasteiger partial charge is 0.407 e. The van der Waals surface area contributed by atoms with Gasteiger partial charge in [0.25, 0.3) is 0 Å². The van der Waals surface area contributed by atoms with Crippen LogP contribution in [0, 0.1) is 0 Å². The van der Waals surface area contributed by atoms with Crippen molar-refractivity contribution in [3.8, 4) is 0 Å². The van der Waals surface area contributed by atoms with Crippen molar-refractivity contribution < 1.29 is 14.7 Å². The van der Waals surface area contributed by atoms with E-state index in [2.05, 4.69) is 33.2 Å². The summed E-state index contributed by atoms with van der Waals surface area (Å²) in [5.74, 6) is 0.175. The van der Waals surface area contributed by atoms with Crippen LogP contribution < -0.4 is 11.1 Å². The van der Waals surface area contributed by atoms with Crippen LogP contribution in [0.4, 0.5) is 10.5 Å². The number of benzene rings is 1. The number of nitrogens with zero attached hydrogens (tertiary/aromatic N) is 2. The average molecular weight is 479 g/mol. The highest BCUT2D eigenvalue weighted by Gasteiger charge is 2.25. The third-order valence-electron chi connectivity index (χ3n) is 4.92. The van der Waals surface area contributed by atoms with E-state index in [1.807, 2.05) is 45.0 Å². The van der Waals surface area contributed by atoms with Crippen LogP contribution in [0.3, 0.4) is 0 Å². The molecule has 0 saturated carbocycles. The van der Waals surface area contributed by atoms with E-state index in [9.17, 15) is 14.7 Å². The van der Waals surface area contributed by atoms with Gasteiger partial charge in [-0.3, -0.25) is 4.79 Å². The molecular weight excluding hydrogens is 448 g/mol. The first-order valence-electron chi connectivity index (χ1n) is 10.1. The molecule has 1 aliphatic heterocycles. The molecule has 0 aromatic heterocycles. The average Bonchev–Trinajstić information content (AvgIpc) is 2.82. The fraction of sp³-hybridized carbons (Fsp3) is 0.500. The molecule has 8 heteroatoms. The van der Waals surface area contributed by atoms with E-state index in [0.29, 0.717) is 30.9 Å². The lowest BCUT2D eigenvalue weighted by molar-refractivity contribution is -0.117. The Morgan fingerprint density at radius 2 is 2.07 bits per heavy atom. The summed E-state index contributed by atoms with van der Waals surface area (Å²) in [6.07, 6.45) is 2.61. The zero-order valence-electron chi connectivity index (χ0n) is 18.0. The lowest BCUT2D eigenvalue weighted by Gasteiger charge is -2.33. The second kappa shape index (κ2) is 10.1. The lowest BCUT2D eigenvalue weighted by Crippen LogP contribution is -2.46. The number of nitrogens with two attached hydrogens (primary N) is 1. The van der Waals surface area contributed by atoms with Gasteiger partial charge < -0.3 is 21.1 Å². The molecule has 1 heterocycles. The van der Waals surface area contributed by atoms with Crippen LogP contribution in [0.1, 0.15) is 62.9 Å². The third-order valence-corrected chi connectivity index (χ3v) is 6.09. The number of carbonyl (C=O) groups is 2. The Balaban J connectivity index is 2.05. The third kappa shape index (κ3) is 6.32. The van der Waals surface area contributed by atoms with Crippen LogP contribution in [0.25, 0.3) is 6.08 Å². The van der Waals surface area contributed by atoms with Crippen molar-refractivity contribution in [2.75, 3.05) is 13.1 Å². The molecule has 1 aromatic rings. The summed E-state index contributed by atoms with van der Waals surface area (Å²) in [7, 11) is 0. The van der Waals surface area contributed by atoms with Crippen molar-refractivity contribution in [3.05, 3.63) is 34.9 Å². The molecule has 0 bridgehead atoms. The summed E-state index contributed by atoms with van der Waals surface area (Å²) in [4.78, 5) is 30.2. The van der Waals surface area contributed by atoms with Crippen LogP contribution in [0.2, 0.25) is 0 Å². The van der Waals surface area contributed by atoms with E-state index >= 15 is 0 Å². The van der Waals surface area contributed by atoms with Crippen molar-refractivity contribution in [2.24, 2.45) is 10.7 Å². The number of fused-ring (bicyclic) bond motifs is 1. The van der Waals surface area contributed by atoms with Gasteiger partial charge in [-0.05, 0) is 51.3 Å². The molecule has 164 valence electrons. The van der Waals surface area contributed by atoms with Gasteiger partial charge >= 0.3 is 6.09 Å². The molecular formula is C22H31BrN4O3. The van der Waals surface area contributed by atoms with Crippen LogP contribution >= 0.6 is 15.9 Å². The van der Waals surface area contributed by atoms with E-state index in [1.54, 1.807) is 0 Å². The fourth-order valence-corrected chi connectivity index (χ4v) is 3.54. The van der Waals surface area contributed by atoms with Crippen molar-refractivity contribution >= 4 is 45.5 Å². The van der Waals surface area contributed by atoms with Crippen LogP contribution in [0.15, 0.2) is 28.8 Å². The zero-order valence-corrected chi connectivity index (χ0v) is 19.6. The van der Waals surface area contributed by atoms with Crippen molar-refractivity contribution in [1.82, 2.24) is 10.2 Å². The van der Waals surface area contributed by atoms with Crippen LogP contribution in [0.5, 0.6) is 0 Å². The maximum Gasteiger partial charge on any atom is 0.407 e. The molecule has 1 atom stereocenters. The second-order valence-electron chi connectivity index (χ2n) is 8.36. The molecule has 0 aliphatic carbocycles. The number of amidine groups is 1. The highest BCUT2D eigenvalue weighted by Crippen LogP contribution is 2.33. The molecule has 0 radical (unpaired) electrons. The summed E-state index contributed by atoms with van der Waals surface area (Å²) < 4.78 is 0. The maximum absolute atomic E-state index is 12.7. The van der Waals surface area contributed by atoms with Gasteiger partial charge in [0.2, 0.25) is 5.91 Å². The molecule has 1 unspecified atom stereocenters. The number of rotatable bonds is 7. The van der Waals surface area contributed by atoms with E-state index in [0.717, 1.165) is 23.2 Å². The predicted octanol–water partition coefficient (Wildman–Crippen LogP) is 4.59. The molecule has 0 saturated heterocycles. The van der Waals surface area contributed by atoms with Gasteiger partial charge in [-0.25, -0.2) is 9.79 Å². The minimum absolute atomic E-state index is 0.213. The number of aliphatic imine (C=N–C) groups is 1. The molecule has 4 N–H and O–H groups in total. The van der Waals surface area contributed by atoms with Gasteiger partial charge in [0.1, 0.15) is 5.84 Å². The Morgan fingerprint density at radius 3 is 2.67 bits per heavy atom. The summed E-state index contributed by atoms with van der Waals surface area (Å²) in [5, 5.41) is 12.2. The monoisotopic (exact) mass is 478 g/mol. The summed E-state index contributed by atoms with van der Waals surface area (Å²) in [5.41, 5.74) is 8.84. The molecule has 30 heavy (non-hydrogen) atoms. The van der Waals surface area contributed by atoms with Crippen molar-refractivity contribution in [2.45, 2.75) is 57.3 Å². The highest BCUT2D eigenvalue weighted by molar-refractivity contribution is 9.09. The zero-order chi connectivity index (χ0) is 22.5. The predicted molar refractivity (Wildman–Crippen MR) is 124 cm³/mol. The standard InChI is InChI=1S/C22H31BrN4O3/c1-5-17(23)14-7-8-15-11-16(13-19(24)26-18(15)12-14)20(28)25-9-6-10-27(21(29)30)22(2,3)4/h7-8,11-12,17H,5-6,9-10,13H2,1-4H3,(H2,24,26)(H,25,28)(H,29,30). The first-order chi connectivity index (χ1) is 14.0. The van der Waals surface area contributed by atoms with Gasteiger partial charge in [-0.15, -0.1) is 0 Å². The Hall–Kier alpha value is -2.35. The lowest BCUT2D eigenvalue weighted by atomic mass is 10.0. The fourth-order valence-electron chi connectivity index (χ4n) is 3.25. The first-order valence-corrected chi connectivity index (χ1v) is 11.0. The van der Waals surface area contributed by atoms with Gasteiger partial charge in [0.15, 0.2) is 0 Å². The Bertz CT molecular complexity index is 858. The summed E-state index contributed by atoms with van der Waals surface area (Å²) in [6, 6.07) is 5.98. The normalized spacial score (nSPS) is 14.7. The SMILES string of the molecule is CCC(Br)c1ccc2c(c1)N=C(N)CC(C(=O)NCCCN(C(=O)O)C(C)(C)C)=C2. The van der Waals surface area contributed by atoms with Gasteiger partial charge in [-0.2, -0.15) is 0 Å². The summed E-state index contributed by atoms with van der Waals surface area (Å²) >= 11 is 3.65. The number of hydrogen-bond acceptors (Lipinski definition) is 4. The number of nitrogens with one attached hydrogen (secondary N) is 1. The molecule has 1 aliphatic rings. The molecule has 0 fully saturated rings. The van der Waals surface area contributed by atoms with Gasteiger partial charge in [0.05, 0.1) is 5.69 Å². The molecule has 2 amide bonds. The maximum atomic E-state index is 12.7. The molecule has 2 rings (SSSR count). The topological polar surface area (TPSA) is 108 Å². The molecule has 1 aromatic carbocycles. The number of halogens is 1.